The van der Waals surface area contributed by atoms with Crippen LogP contribution in [-0.4, -0.2) is 57.8 Å². The zero-order chi connectivity index (χ0) is 16.2. The third kappa shape index (κ3) is 3.64. The summed E-state index contributed by atoms with van der Waals surface area (Å²) in [5, 5.41) is 5.62. The lowest BCUT2D eigenvalue weighted by molar-refractivity contribution is -0.135. The monoisotopic (exact) mass is 317 g/mol. The van der Waals surface area contributed by atoms with E-state index in [4.69, 9.17) is 0 Å². The van der Waals surface area contributed by atoms with Crippen LogP contribution in [0.1, 0.15) is 36.2 Å². The Morgan fingerprint density at radius 2 is 2.00 bits per heavy atom. The molecule has 3 amide bonds. The summed E-state index contributed by atoms with van der Waals surface area (Å²) in [5.74, 6) is -0.324. The van der Waals surface area contributed by atoms with Crippen LogP contribution in [-0.2, 0) is 9.59 Å². The molecule has 1 aromatic rings. The summed E-state index contributed by atoms with van der Waals surface area (Å²) in [7, 11) is 0. The van der Waals surface area contributed by atoms with Crippen molar-refractivity contribution in [3.8, 4) is 0 Å². The number of piperidine rings is 1. The number of carbonyl (C=O) groups excluding carboxylic acids is 3. The Balaban J connectivity index is 1.48. The third-order valence-electron chi connectivity index (χ3n) is 4.23. The van der Waals surface area contributed by atoms with Gasteiger partial charge in [0, 0.05) is 37.9 Å². The zero-order valence-electron chi connectivity index (χ0n) is 12.7. The maximum absolute atomic E-state index is 12.3. The standard InChI is InChI=1S/C15H19N5O3/c21-13-2-1-11(19-13)15(23)20-7-3-10(4-8-20)18-14(22)12-9-16-5-6-17-12/h5-6,9-11H,1-4,7-8H2,(H,18,22)(H,19,21). The average Bonchev–Trinajstić information content (AvgIpc) is 3.02. The number of hydrogen-bond donors (Lipinski definition) is 2. The SMILES string of the molecule is O=C1CCC(C(=O)N2CCC(NC(=O)c3cnccn3)CC2)N1. The predicted octanol–water partition coefficient (Wildman–Crippen LogP) is -0.524. The Morgan fingerprint density at radius 1 is 1.22 bits per heavy atom. The van der Waals surface area contributed by atoms with E-state index in [1.165, 1.54) is 18.6 Å². The second kappa shape index (κ2) is 6.72. The highest BCUT2D eigenvalue weighted by molar-refractivity contribution is 5.92. The van der Waals surface area contributed by atoms with Crippen molar-refractivity contribution in [2.75, 3.05) is 13.1 Å². The number of aromatic nitrogens is 2. The van der Waals surface area contributed by atoms with Crippen LogP contribution in [0.25, 0.3) is 0 Å². The van der Waals surface area contributed by atoms with Gasteiger partial charge in [-0.2, -0.15) is 0 Å². The smallest absolute Gasteiger partial charge is 0.271 e. The first-order valence-corrected chi connectivity index (χ1v) is 7.78. The molecule has 122 valence electrons. The van der Waals surface area contributed by atoms with Crippen molar-refractivity contribution >= 4 is 17.7 Å². The molecule has 8 nitrogen and oxygen atoms in total. The molecule has 0 aliphatic carbocycles. The zero-order valence-corrected chi connectivity index (χ0v) is 12.7. The molecule has 2 fully saturated rings. The molecule has 1 unspecified atom stereocenters. The van der Waals surface area contributed by atoms with E-state index < -0.39 is 0 Å². The minimum absolute atomic E-state index is 0.0189. The summed E-state index contributed by atoms with van der Waals surface area (Å²) in [5.41, 5.74) is 0.291. The number of rotatable bonds is 3. The molecule has 0 saturated carbocycles. The topological polar surface area (TPSA) is 104 Å². The molecule has 1 aromatic heterocycles. The number of likely N-dealkylation sites (tertiary alicyclic amines) is 1. The molecule has 3 heterocycles. The normalized spacial score (nSPS) is 21.8. The van der Waals surface area contributed by atoms with Crippen LogP contribution in [0.2, 0.25) is 0 Å². The lowest BCUT2D eigenvalue weighted by atomic mass is 10.0. The molecule has 2 saturated heterocycles. The highest BCUT2D eigenvalue weighted by Crippen LogP contribution is 2.15. The van der Waals surface area contributed by atoms with Crippen molar-refractivity contribution in [2.45, 2.75) is 37.8 Å². The molecule has 1 atom stereocenters. The maximum atomic E-state index is 12.3. The highest BCUT2D eigenvalue weighted by Gasteiger charge is 2.32. The second-order valence-corrected chi connectivity index (χ2v) is 5.82. The van der Waals surface area contributed by atoms with Gasteiger partial charge in [-0.05, 0) is 19.3 Å². The van der Waals surface area contributed by atoms with Gasteiger partial charge in [-0.3, -0.25) is 19.4 Å². The Kier molecular flexibility index (Phi) is 4.50. The summed E-state index contributed by atoms with van der Waals surface area (Å²) < 4.78 is 0. The van der Waals surface area contributed by atoms with Crippen molar-refractivity contribution in [2.24, 2.45) is 0 Å². The molecule has 8 heteroatoms. The van der Waals surface area contributed by atoms with Crippen molar-refractivity contribution in [3.05, 3.63) is 24.3 Å². The van der Waals surface area contributed by atoms with E-state index in [2.05, 4.69) is 20.6 Å². The van der Waals surface area contributed by atoms with Gasteiger partial charge in [-0.15, -0.1) is 0 Å². The second-order valence-electron chi connectivity index (χ2n) is 5.82. The summed E-state index contributed by atoms with van der Waals surface area (Å²) >= 11 is 0. The number of carbonyl (C=O) groups is 3. The summed E-state index contributed by atoms with van der Waals surface area (Å²) in [6.45, 7) is 1.16. The molecule has 2 aliphatic rings. The first kappa shape index (κ1) is 15.4. The van der Waals surface area contributed by atoms with Gasteiger partial charge in [0.1, 0.15) is 11.7 Å². The van der Waals surface area contributed by atoms with Crippen LogP contribution in [0.5, 0.6) is 0 Å². The first-order chi connectivity index (χ1) is 11.1. The first-order valence-electron chi connectivity index (χ1n) is 7.78. The minimum Gasteiger partial charge on any atom is -0.348 e. The largest absolute Gasteiger partial charge is 0.348 e. The average molecular weight is 317 g/mol. The molecule has 23 heavy (non-hydrogen) atoms. The molecule has 2 N–H and O–H groups in total. The Morgan fingerprint density at radius 3 is 2.61 bits per heavy atom. The maximum Gasteiger partial charge on any atom is 0.271 e. The van der Waals surface area contributed by atoms with Crippen molar-refractivity contribution in [3.63, 3.8) is 0 Å². The highest BCUT2D eigenvalue weighted by atomic mass is 16.2. The third-order valence-corrected chi connectivity index (χ3v) is 4.23. The van der Waals surface area contributed by atoms with E-state index in [9.17, 15) is 14.4 Å². The molecular formula is C15H19N5O3. The predicted molar refractivity (Wildman–Crippen MR) is 80.3 cm³/mol. The molecular weight excluding hydrogens is 298 g/mol. The van der Waals surface area contributed by atoms with Gasteiger partial charge in [0.15, 0.2) is 0 Å². The van der Waals surface area contributed by atoms with Crippen LogP contribution < -0.4 is 10.6 Å². The van der Waals surface area contributed by atoms with Crippen LogP contribution >= 0.6 is 0 Å². The molecule has 0 aromatic carbocycles. The molecule has 2 aliphatic heterocycles. The van der Waals surface area contributed by atoms with Gasteiger partial charge < -0.3 is 15.5 Å². The Bertz CT molecular complexity index is 598. The quantitative estimate of drug-likeness (QED) is 0.780. The molecule has 0 spiro atoms. The van der Waals surface area contributed by atoms with Gasteiger partial charge >= 0.3 is 0 Å². The number of amides is 3. The molecule has 0 radical (unpaired) electrons. The lowest BCUT2D eigenvalue weighted by Gasteiger charge is -2.33. The Labute approximate surface area is 133 Å². The van der Waals surface area contributed by atoms with Crippen molar-refractivity contribution in [1.82, 2.24) is 25.5 Å². The fourth-order valence-corrected chi connectivity index (χ4v) is 2.94. The summed E-state index contributed by atoms with van der Waals surface area (Å²) in [6.07, 6.45) is 6.80. The lowest BCUT2D eigenvalue weighted by Crippen LogP contribution is -2.51. The van der Waals surface area contributed by atoms with E-state index in [0.717, 1.165) is 0 Å². The van der Waals surface area contributed by atoms with E-state index in [1.807, 2.05) is 0 Å². The molecule has 0 bridgehead atoms. The molecule has 3 rings (SSSR count). The van der Waals surface area contributed by atoms with Crippen LogP contribution in [0, 0.1) is 0 Å². The van der Waals surface area contributed by atoms with Gasteiger partial charge in [0.2, 0.25) is 11.8 Å². The van der Waals surface area contributed by atoms with Gasteiger partial charge in [0.25, 0.3) is 5.91 Å². The summed E-state index contributed by atoms with van der Waals surface area (Å²) in [6, 6.07) is -0.361. The Hall–Kier alpha value is -2.51. The number of hydrogen-bond acceptors (Lipinski definition) is 5. The van der Waals surface area contributed by atoms with E-state index >= 15 is 0 Å². The fourth-order valence-electron chi connectivity index (χ4n) is 2.94. The number of nitrogens with zero attached hydrogens (tertiary/aromatic N) is 3. The van der Waals surface area contributed by atoms with E-state index in [-0.39, 0.29) is 29.8 Å². The van der Waals surface area contributed by atoms with Gasteiger partial charge in [0.05, 0.1) is 6.20 Å². The van der Waals surface area contributed by atoms with Crippen LogP contribution in [0.4, 0.5) is 0 Å². The van der Waals surface area contributed by atoms with Crippen LogP contribution in [0.15, 0.2) is 18.6 Å². The van der Waals surface area contributed by atoms with Gasteiger partial charge in [-0.25, -0.2) is 4.98 Å². The van der Waals surface area contributed by atoms with E-state index in [1.54, 1.807) is 4.90 Å². The minimum atomic E-state index is -0.381. The summed E-state index contributed by atoms with van der Waals surface area (Å²) in [4.78, 5) is 45.1. The number of nitrogens with one attached hydrogen (secondary N) is 2. The van der Waals surface area contributed by atoms with E-state index in [0.29, 0.717) is 44.5 Å². The van der Waals surface area contributed by atoms with Gasteiger partial charge in [-0.1, -0.05) is 0 Å². The van der Waals surface area contributed by atoms with Crippen molar-refractivity contribution < 1.29 is 14.4 Å². The van der Waals surface area contributed by atoms with Crippen LogP contribution in [0.3, 0.4) is 0 Å². The fraction of sp³-hybridized carbons (Fsp3) is 0.533. The van der Waals surface area contributed by atoms with Crippen molar-refractivity contribution in [1.29, 1.82) is 0 Å².